The normalized spacial score (nSPS) is 18.3. The van der Waals surface area contributed by atoms with Gasteiger partial charge in [-0.15, -0.1) is 0 Å². The third-order valence-electron chi connectivity index (χ3n) is 5.94. The molecule has 1 saturated heterocycles. The number of hydrogen-bond acceptors (Lipinski definition) is 4. The molecule has 0 aliphatic carbocycles. The van der Waals surface area contributed by atoms with Crippen molar-refractivity contribution < 1.29 is 8.42 Å². The van der Waals surface area contributed by atoms with Gasteiger partial charge >= 0.3 is 0 Å². The van der Waals surface area contributed by atoms with Crippen LogP contribution in [-0.2, 0) is 28.7 Å². The van der Waals surface area contributed by atoms with E-state index in [0.29, 0.717) is 5.92 Å². The molecule has 1 N–H and O–H groups in total. The molecule has 7 heteroatoms. The molecule has 1 atom stereocenters. The maximum Gasteiger partial charge on any atom is 0.217 e. The first-order valence-electron chi connectivity index (χ1n) is 10.5. The minimum atomic E-state index is -3.24. The van der Waals surface area contributed by atoms with Gasteiger partial charge in [0.15, 0.2) is 0 Å². The minimum absolute atomic E-state index is 0.0486. The summed E-state index contributed by atoms with van der Waals surface area (Å²) in [6.07, 6.45) is 5.42. The van der Waals surface area contributed by atoms with E-state index >= 15 is 0 Å². The van der Waals surface area contributed by atoms with Gasteiger partial charge in [0, 0.05) is 32.6 Å². The molecule has 1 fully saturated rings. The lowest BCUT2D eigenvalue weighted by atomic mass is 9.90. The molecule has 6 nitrogen and oxygen atoms in total. The molecule has 0 bridgehead atoms. The fourth-order valence-corrected chi connectivity index (χ4v) is 5.19. The molecule has 4 rings (SSSR count). The summed E-state index contributed by atoms with van der Waals surface area (Å²) in [5.74, 6) is 0.688. The van der Waals surface area contributed by atoms with Crippen LogP contribution in [0, 0.1) is 5.92 Å². The van der Waals surface area contributed by atoms with Crippen LogP contribution in [0.15, 0.2) is 48.7 Å². The lowest BCUT2D eigenvalue weighted by Crippen LogP contribution is -2.35. The fraction of sp³-hybridized carbons (Fsp3) is 0.435. The summed E-state index contributed by atoms with van der Waals surface area (Å²) < 4.78 is 25.7. The first-order valence-corrected chi connectivity index (χ1v) is 12.1. The standard InChI is InChI=1S/C23H30N4O2S/c1-26(2)30(28,29)17-21-6-3-5-19(12-21)15-27-10-4-7-20(16-27)11-18-8-9-23-22(13-18)14-24-25-23/h3,5-6,8-9,12-14,20H,4,7,10-11,15-17H2,1-2H3,(H,24,25)/t20-/m1/s1. The molecule has 2 heterocycles. The molecule has 0 unspecified atom stereocenters. The number of hydrogen-bond donors (Lipinski definition) is 1. The van der Waals surface area contributed by atoms with Crippen LogP contribution >= 0.6 is 0 Å². The number of likely N-dealkylation sites (tertiary alicyclic amines) is 1. The Morgan fingerprint density at radius 2 is 1.97 bits per heavy atom. The number of aromatic nitrogens is 2. The van der Waals surface area contributed by atoms with E-state index < -0.39 is 10.0 Å². The third kappa shape index (κ3) is 5.09. The molecular weight excluding hydrogens is 396 g/mol. The predicted molar refractivity (Wildman–Crippen MR) is 121 cm³/mol. The van der Waals surface area contributed by atoms with E-state index in [9.17, 15) is 8.42 Å². The zero-order chi connectivity index (χ0) is 21.1. The molecule has 160 valence electrons. The second-order valence-electron chi connectivity index (χ2n) is 8.60. The number of piperidine rings is 1. The molecule has 0 saturated carbocycles. The van der Waals surface area contributed by atoms with Crippen LogP contribution in [-0.4, -0.2) is 55.0 Å². The highest BCUT2D eigenvalue weighted by molar-refractivity contribution is 7.88. The summed E-state index contributed by atoms with van der Waals surface area (Å²) in [7, 11) is -0.0814. The van der Waals surface area contributed by atoms with Gasteiger partial charge in [-0.2, -0.15) is 5.10 Å². The largest absolute Gasteiger partial charge is 0.299 e. The summed E-state index contributed by atoms with van der Waals surface area (Å²) in [6, 6.07) is 14.6. The Morgan fingerprint density at radius 1 is 1.13 bits per heavy atom. The number of aromatic amines is 1. The fourth-order valence-electron chi connectivity index (χ4n) is 4.33. The van der Waals surface area contributed by atoms with Gasteiger partial charge in [0.05, 0.1) is 17.5 Å². The Hall–Kier alpha value is -2.22. The summed E-state index contributed by atoms with van der Waals surface area (Å²) in [6.45, 7) is 3.04. The van der Waals surface area contributed by atoms with Crippen LogP contribution in [0.1, 0.15) is 29.5 Å². The van der Waals surface area contributed by atoms with Crippen molar-refractivity contribution in [2.24, 2.45) is 5.92 Å². The summed E-state index contributed by atoms with van der Waals surface area (Å²) in [4.78, 5) is 2.50. The highest BCUT2D eigenvalue weighted by atomic mass is 32.2. The van der Waals surface area contributed by atoms with Gasteiger partial charge in [-0.25, -0.2) is 12.7 Å². The van der Waals surface area contributed by atoms with Crippen molar-refractivity contribution in [3.05, 3.63) is 65.4 Å². The van der Waals surface area contributed by atoms with Crippen LogP contribution in [0.2, 0.25) is 0 Å². The van der Waals surface area contributed by atoms with Crippen LogP contribution < -0.4 is 0 Å². The Kier molecular flexibility index (Phi) is 6.22. The zero-order valence-corrected chi connectivity index (χ0v) is 18.5. The number of rotatable bonds is 7. The van der Waals surface area contributed by atoms with Gasteiger partial charge in [0.25, 0.3) is 0 Å². The van der Waals surface area contributed by atoms with Crippen LogP contribution in [0.5, 0.6) is 0 Å². The number of H-pyrrole nitrogens is 1. The highest BCUT2D eigenvalue weighted by Gasteiger charge is 2.21. The molecule has 1 aromatic heterocycles. The van der Waals surface area contributed by atoms with Crippen LogP contribution in [0.3, 0.4) is 0 Å². The van der Waals surface area contributed by atoms with E-state index in [4.69, 9.17) is 0 Å². The van der Waals surface area contributed by atoms with Crippen molar-refractivity contribution in [1.82, 2.24) is 19.4 Å². The molecule has 0 amide bonds. The number of sulfonamides is 1. The summed E-state index contributed by atoms with van der Waals surface area (Å²) in [5, 5.41) is 8.30. The number of nitrogens with one attached hydrogen (secondary N) is 1. The summed E-state index contributed by atoms with van der Waals surface area (Å²) >= 11 is 0. The van der Waals surface area contributed by atoms with Crippen LogP contribution in [0.25, 0.3) is 10.9 Å². The number of benzene rings is 2. The van der Waals surface area contributed by atoms with Crippen molar-refractivity contribution in [1.29, 1.82) is 0 Å². The number of nitrogens with zero attached hydrogens (tertiary/aromatic N) is 3. The van der Waals surface area contributed by atoms with E-state index in [1.165, 1.54) is 33.7 Å². The molecule has 1 aliphatic heterocycles. The topological polar surface area (TPSA) is 69.3 Å². The Morgan fingerprint density at radius 3 is 2.80 bits per heavy atom. The lowest BCUT2D eigenvalue weighted by molar-refractivity contribution is 0.167. The molecule has 3 aromatic rings. The van der Waals surface area contributed by atoms with Gasteiger partial charge < -0.3 is 0 Å². The average Bonchev–Trinajstić information content (AvgIpc) is 3.16. The highest BCUT2D eigenvalue weighted by Crippen LogP contribution is 2.24. The van der Waals surface area contributed by atoms with E-state index in [-0.39, 0.29) is 5.75 Å². The molecule has 2 aromatic carbocycles. The maximum atomic E-state index is 12.2. The molecular formula is C23H30N4O2S. The quantitative estimate of drug-likeness (QED) is 0.629. The Balaban J connectivity index is 1.38. The predicted octanol–water partition coefficient (Wildman–Crippen LogP) is 3.41. The van der Waals surface area contributed by atoms with Gasteiger partial charge in [-0.3, -0.25) is 10.00 Å². The Bertz CT molecular complexity index is 1110. The molecule has 0 spiro atoms. The first kappa shape index (κ1) is 21.0. The first-order chi connectivity index (χ1) is 14.4. The van der Waals surface area contributed by atoms with Crippen molar-refractivity contribution >= 4 is 20.9 Å². The van der Waals surface area contributed by atoms with Gasteiger partial charge in [0.2, 0.25) is 10.0 Å². The van der Waals surface area contributed by atoms with Crippen molar-refractivity contribution in [3.63, 3.8) is 0 Å². The van der Waals surface area contributed by atoms with E-state index in [0.717, 1.165) is 37.1 Å². The SMILES string of the molecule is CN(C)S(=O)(=O)Cc1cccc(CN2CCC[C@H](Cc3ccc4[nH]ncc4c3)C2)c1. The van der Waals surface area contributed by atoms with Gasteiger partial charge in [-0.1, -0.05) is 30.3 Å². The van der Waals surface area contributed by atoms with E-state index in [1.807, 2.05) is 24.4 Å². The molecule has 1 aliphatic rings. The number of fused-ring (bicyclic) bond motifs is 1. The third-order valence-corrected chi connectivity index (χ3v) is 7.75. The van der Waals surface area contributed by atoms with Crippen molar-refractivity contribution in [2.75, 3.05) is 27.2 Å². The van der Waals surface area contributed by atoms with E-state index in [1.54, 1.807) is 14.1 Å². The lowest BCUT2D eigenvalue weighted by Gasteiger charge is -2.33. The monoisotopic (exact) mass is 426 g/mol. The average molecular weight is 427 g/mol. The second kappa shape index (κ2) is 8.88. The smallest absolute Gasteiger partial charge is 0.217 e. The van der Waals surface area contributed by atoms with Gasteiger partial charge in [-0.05, 0) is 60.5 Å². The molecule has 0 radical (unpaired) electrons. The summed E-state index contributed by atoms with van der Waals surface area (Å²) in [5.41, 5.74) is 4.48. The minimum Gasteiger partial charge on any atom is -0.299 e. The zero-order valence-electron chi connectivity index (χ0n) is 17.7. The van der Waals surface area contributed by atoms with Gasteiger partial charge in [0.1, 0.15) is 0 Å². The van der Waals surface area contributed by atoms with Crippen LogP contribution in [0.4, 0.5) is 0 Å². The second-order valence-corrected chi connectivity index (χ2v) is 10.8. The van der Waals surface area contributed by atoms with Crippen molar-refractivity contribution in [3.8, 4) is 0 Å². The van der Waals surface area contributed by atoms with E-state index in [2.05, 4.69) is 39.4 Å². The maximum absolute atomic E-state index is 12.2. The Labute approximate surface area is 178 Å². The van der Waals surface area contributed by atoms with Crippen molar-refractivity contribution in [2.45, 2.75) is 31.6 Å². The molecule has 30 heavy (non-hydrogen) atoms.